The quantitative estimate of drug-likeness (QED) is 0.178. The highest BCUT2D eigenvalue weighted by molar-refractivity contribution is 6.39. The summed E-state index contributed by atoms with van der Waals surface area (Å²) in [7, 11) is 0. The Morgan fingerprint density at radius 2 is 1.62 bits per heavy atom. The fourth-order valence-corrected chi connectivity index (χ4v) is 7.79. The van der Waals surface area contributed by atoms with Gasteiger partial charge in [-0.25, -0.2) is 14.6 Å². The van der Waals surface area contributed by atoms with Crippen molar-refractivity contribution >= 4 is 58.5 Å². The molecule has 8 atom stereocenters. The van der Waals surface area contributed by atoms with Gasteiger partial charge in [0, 0.05) is 23.9 Å². The highest BCUT2D eigenvalue weighted by Crippen LogP contribution is 2.60. The van der Waals surface area contributed by atoms with E-state index in [1.165, 1.54) is 0 Å². The van der Waals surface area contributed by atoms with Crippen molar-refractivity contribution in [1.29, 1.82) is 0 Å². The second-order valence-corrected chi connectivity index (χ2v) is 14.1. The summed E-state index contributed by atoms with van der Waals surface area (Å²) in [6, 6.07) is 12.2. The van der Waals surface area contributed by atoms with Crippen LogP contribution in [-0.4, -0.2) is 64.7 Å². The van der Waals surface area contributed by atoms with E-state index in [1.54, 1.807) is 42.5 Å². The van der Waals surface area contributed by atoms with Gasteiger partial charge in [-0.15, -0.1) is 0 Å². The third-order valence-electron chi connectivity index (χ3n) is 9.82. The number of carboxylic acids is 2. The molecule has 7 rings (SSSR count). The van der Waals surface area contributed by atoms with E-state index >= 15 is 0 Å². The molecule has 2 bridgehead atoms. The lowest BCUT2D eigenvalue weighted by molar-refractivity contribution is -0.576. The van der Waals surface area contributed by atoms with Gasteiger partial charge in [-0.1, -0.05) is 61.3 Å². The summed E-state index contributed by atoms with van der Waals surface area (Å²) in [5.41, 5.74) is 1.10. The second kappa shape index (κ2) is 15.8. The SMILES string of the molecule is C[C@H]1[C@@H](OC(=O)CCC(=O)O)O[C@@H]2O[C@@]3(C)CC[C@H]4[C@H](C)CC[C@@H]1[C@@]24OO3.O=C(O)COC(=O)Cc1ccccc1Nc1c(Cl)cccc1Cl. The molecule has 1 aliphatic carbocycles. The Hall–Kier alpha value is -3.46. The summed E-state index contributed by atoms with van der Waals surface area (Å²) in [6.07, 6.45) is 1.65. The lowest BCUT2D eigenvalue weighted by atomic mass is 9.58. The van der Waals surface area contributed by atoms with Gasteiger partial charge in [0.15, 0.2) is 18.5 Å². The number of para-hydroxylation sites is 2. The zero-order valence-corrected chi connectivity index (χ0v) is 29.4. The predicted molar refractivity (Wildman–Crippen MR) is 178 cm³/mol. The smallest absolute Gasteiger partial charge is 0.341 e. The minimum Gasteiger partial charge on any atom is -0.481 e. The summed E-state index contributed by atoms with van der Waals surface area (Å²) < 4.78 is 22.4. The maximum atomic E-state index is 12.1. The number of carbonyl (C=O) groups is 4. The molecule has 15 heteroatoms. The highest BCUT2D eigenvalue weighted by atomic mass is 35.5. The van der Waals surface area contributed by atoms with Crippen LogP contribution in [0.25, 0.3) is 0 Å². The molecule has 272 valence electrons. The van der Waals surface area contributed by atoms with Crippen LogP contribution in [0.3, 0.4) is 0 Å². The van der Waals surface area contributed by atoms with Gasteiger partial charge in [-0.2, -0.15) is 0 Å². The maximum absolute atomic E-state index is 12.1. The molecule has 13 nitrogen and oxygen atoms in total. The van der Waals surface area contributed by atoms with Crippen molar-refractivity contribution in [3.63, 3.8) is 0 Å². The number of carbonyl (C=O) groups excluding carboxylic acids is 2. The zero-order chi connectivity index (χ0) is 36.2. The summed E-state index contributed by atoms with van der Waals surface area (Å²) in [6.45, 7) is 5.40. The molecule has 0 radical (unpaired) electrons. The topological polar surface area (TPSA) is 176 Å². The van der Waals surface area contributed by atoms with E-state index in [9.17, 15) is 19.2 Å². The first kappa shape index (κ1) is 37.8. The van der Waals surface area contributed by atoms with Gasteiger partial charge in [0.2, 0.25) is 12.1 Å². The maximum Gasteiger partial charge on any atom is 0.341 e. The van der Waals surface area contributed by atoms with Crippen molar-refractivity contribution in [1.82, 2.24) is 0 Å². The van der Waals surface area contributed by atoms with Crippen molar-refractivity contribution < 1.29 is 58.1 Å². The number of anilines is 2. The van der Waals surface area contributed by atoms with Gasteiger partial charge in [-0.3, -0.25) is 14.4 Å². The molecule has 1 spiro atoms. The first-order valence-electron chi connectivity index (χ1n) is 16.5. The Morgan fingerprint density at radius 1 is 0.900 bits per heavy atom. The van der Waals surface area contributed by atoms with Crippen molar-refractivity contribution in [2.75, 3.05) is 11.9 Å². The summed E-state index contributed by atoms with van der Waals surface area (Å²) in [5.74, 6) is -3.66. The van der Waals surface area contributed by atoms with E-state index < -0.39 is 54.5 Å². The normalized spacial score (nSPS) is 30.8. The molecular weight excluding hydrogens is 697 g/mol. The highest BCUT2D eigenvalue weighted by Gasteiger charge is 2.69. The second-order valence-electron chi connectivity index (χ2n) is 13.3. The van der Waals surface area contributed by atoms with Crippen LogP contribution in [0, 0.1) is 23.7 Å². The van der Waals surface area contributed by atoms with Gasteiger partial charge in [0.05, 0.1) is 35.0 Å². The van der Waals surface area contributed by atoms with E-state index in [4.69, 9.17) is 57.4 Å². The first-order chi connectivity index (χ1) is 23.7. The molecule has 2 aromatic carbocycles. The van der Waals surface area contributed by atoms with Crippen LogP contribution in [0.1, 0.15) is 64.9 Å². The average molecular weight is 739 g/mol. The zero-order valence-electron chi connectivity index (χ0n) is 27.9. The third-order valence-corrected chi connectivity index (χ3v) is 10.4. The number of fused-ring (bicyclic) bond motifs is 2. The molecule has 2 aromatic rings. The molecule has 4 saturated heterocycles. The van der Waals surface area contributed by atoms with Gasteiger partial charge in [0.1, 0.15) is 0 Å². The average Bonchev–Trinajstić information content (AvgIpc) is 3.30. The number of carboxylic acid groups (broad SMARTS) is 2. The summed E-state index contributed by atoms with van der Waals surface area (Å²) in [4.78, 5) is 56.6. The minimum absolute atomic E-state index is 0.0670. The van der Waals surface area contributed by atoms with Crippen LogP contribution in [-0.2, 0) is 54.3 Å². The number of nitrogens with one attached hydrogen (secondary N) is 1. The summed E-state index contributed by atoms with van der Waals surface area (Å²) >= 11 is 12.2. The molecule has 1 saturated carbocycles. The Kier molecular flexibility index (Phi) is 12.0. The largest absolute Gasteiger partial charge is 0.481 e. The van der Waals surface area contributed by atoms with Crippen molar-refractivity contribution in [3.05, 3.63) is 58.1 Å². The molecule has 5 fully saturated rings. The molecule has 4 aliphatic heterocycles. The number of benzene rings is 2. The molecule has 0 amide bonds. The monoisotopic (exact) mass is 737 g/mol. The fraction of sp³-hybridized carbons (Fsp3) is 0.543. The first-order valence-corrected chi connectivity index (χ1v) is 17.3. The van der Waals surface area contributed by atoms with Crippen LogP contribution < -0.4 is 5.32 Å². The van der Waals surface area contributed by atoms with Crippen molar-refractivity contribution in [3.8, 4) is 0 Å². The molecule has 4 heterocycles. The Labute approximate surface area is 299 Å². The number of ether oxygens (including phenoxy) is 4. The van der Waals surface area contributed by atoms with Crippen molar-refractivity contribution in [2.45, 2.75) is 89.7 Å². The van der Waals surface area contributed by atoms with Gasteiger partial charge < -0.3 is 34.5 Å². The predicted octanol–water partition coefficient (Wildman–Crippen LogP) is 6.51. The van der Waals surface area contributed by atoms with Crippen LogP contribution in [0.5, 0.6) is 0 Å². The lowest BCUT2D eigenvalue weighted by Gasteiger charge is -2.59. The lowest BCUT2D eigenvalue weighted by Crippen LogP contribution is -2.70. The number of halogens is 2. The third kappa shape index (κ3) is 8.35. The van der Waals surface area contributed by atoms with Gasteiger partial charge in [-0.05, 0) is 61.8 Å². The number of rotatable bonds is 10. The standard InChI is InChI=1S/C19H28O8.C16H13Cl2NO4/c1-10-4-5-13-11(2)16(23-15(22)7-6-14(20)21)24-17-19(13)12(10)8-9-18(3,25-17)26-27-19;17-11-5-3-6-12(18)16(11)19-13-7-2-1-4-10(13)8-15(22)23-9-14(20)21/h10-13,16-17H,4-9H2,1-3H3,(H,20,21);1-7,19H,8-9H2,(H,20,21)/t10-,11-,12+,13+,16+,17-,18-,19-;/m1./s1. The van der Waals surface area contributed by atoms with Gasteiger partial charge in [0.25, 0.3) is 0 Å². The van der Waals surface area contributed by atoms with Crippen LogP contribution in [0.2, 0.25) is 10.0 Å². The van der Waals surface area contributed by atoms with E-state index in [0.29, 0.717) is 39.3 Å². The van der Waals surface area contributed by atoms with E-state index in [2.05, 4.69) is 17.0 Å². The Bertz CT molecular complexity index is 1570. The van der Waals surface area contributed by atoms with E-state index in [1.807, 2.05) is 13.8 Å². The van der Waals surface area contributed by atoms with Crippen LogP contribution in [0.4, 0.5) is 11.4 Å². The van der Waals surface area contributed by atoms with E-state index in [0.717, 1.165) is 19.3 Å². The molecule has 0 aromatic heterocycles. The fourth-order valence-electron chi connectivity index (χ4n) is 7.30. The van der Waals surface area contributed by atoms with E-state index in [-0.39, 0.29) is 37.0 Å². The molecule has 50 heavy (non-hydrogen) atoms. The molecular formula is C35H41Cl2NO12. The molecule has 3 N–H and O–H groups in total. The van der Waals surface area contributed by atoms with Gasteiger partial charge >= 0.3 is 23.9 Å². The summed E-state index contributed by atoms with van der Waals surface area (Å²) in [5, 5.41) is 21.3. The number of hydrogen-bond acceptors (Lipinski definition) is 11. The van der Waals surface area contributed by atoms with Crippen LogP contribution >= 0.6 is 23.2 Å². The number of esters is 2. The Morgan fingerprint density at radius 3 is 2.32 bits per heavy atom. The van der Waals surface area contributed by atoms with Crippen LogP contribution in [0.15, 0.2) is 42.5 Å². The number of hydrogen-bond donors (Lipinski definition) is 3. The number of aliphatic carboxylic acids is 2. The van der Waals surface area contributed by atoms with Crippen molar-refractivity contribution in [2.24, 2.45) is 23.7 Å². The molecule has 0 unspecified atom stereocenters. The Balaban J connectivity index is 0.000000197. The molecule has 5 aliphatic rings. The minimum atomic E-state index is -1.20.